The minimum absolute atomic E-state index is 0.0334. The maximum atomic E-state index is 11.5. The molecule has 8 nitrogen and oxygen atoms in total. The van der Waals surface area contributed by atoms with Gasteiger partial charge < -0.3 is 9.47 Å². The zero-order chi connectivity index (χ0) is 31.2. The number of ether oxygens (including phenoxy) is 2. The first-order chi connectivity index (χ1) is 21.8. The molecule has 0 aromatic heterocycles. The molecule has 2 aliphatic heterocycles. The van der Waals surface area contributed by atoms with Gasteiger partial charge in [0.1, 0.15) is 0 Å². The van der Waals surface area contributed by atoms with Crippen molar-refractivity contribution in [2.45, 2.75) is 6.42 Å². The first-order valence-corrected chi connectivity index (χ1v) is 14.0. The summed E-state index contributed by atoms with van der Waals surface area (Å²) in [4.78, 5) is 68.6. The molecule has 3 aliphatic rings. The fourth-order valence-electron chi connectivity index (χ4n) is 5.77. The first-order valence-electron chi connectivity index (χ1n) is 14.0. The molecule has 216 valence electrons. The van der Waals surface area contributed by atoms with Gasteiger partial charge in [-0.3, -0.25) is 9.59 Å². The second-order valence-electron chi connectivity index (χ2n) is 10.5. The van der Waals surface area contributed by atoms with Crippen LogP contribution in [0.15, 0.2) is 109 Å². The highest BCUT2D eigenvalue weighted by Gasteiger charge is 2.31. The normalized spacial score (nSPS) is 14.3. The fraction of sp³-hybridized carbons (Fsp3) is 0.0270. The molecule has 1 aliphatic carbocycles. The van der Waals surface area contributed by atoms with Crippen molar-refractivity contribution in [2.24, 2.45) is 0 Å². The molecule has 0 fully saturated rings. The van der Waals surface area contributed by atoms with E-state index in [9.17, 15) is 28.8 Å². The average molecular weight is 593 g/mol. The Kier molecular flexibility index (Phi) is 6.59. The topological polar surface area (TPSA) is 121 Å². The molecule has 0 amide bonds. The summed E-state index contributed by atoms with van der Waals surface area (Å²) in [7, 11) is 0. The van der Waals surface area contributed by atoms with E-state index in [2.05, 4.69) is 9.47 Å². The van der Waals surface area contributed by atoms with Crippen LogP contribution in [-0.2, 0) is 9.47 Å². The van der Waals surface area contributed by atoms with E-state index in [1.807, 2.05) is 78.9 Å². The van der Waals surface area contributed by atoms with Crippen molar-refractivity contribution in [3.63, 3.8) is 0 Å². The fourth-order valence-corrected chi connectivity index (χ4v) is 5.77. The van der Waals surface area contributed by atoms with Gasteiger partial charge >= 0.3 is 23.9 Å². The summed E-state index contributed by atoms with van der Waals surface area (Å²) < 4.78 is 9.19. The minimum Gasteiger partial charge on any atom is -0.386 e. The van der Waals surface area contributed by atoms with Gasteiger partial charge in [0.05, 0.1) is 28.7 Å². The van der Waals surface area contributed by atoms with Crippen LogP contribution in [0.3, 0.4) is 0 Å². The van der Waals surface area contributed by atoms with Gasteiger partial charge in [0.25, 0.3) is 0 Å². The van der Waals surface area contributed by atoms with E-state index in [0.29, 0.717) is 38.8 Å². The summed E-state index contributed by atoms with van der Waals surface area (Å²) in [6.45, 7) is 0. The van der Waals surface area contributed by atoms with Gasteiger partial charge in [-0.15, -0.1) is 0 Å². The number of ketones is 2. The van der Waals surface area contributed by atoms with Crippen molar-refractivity contribution >= 4 is 67.8 Å². The number of hydrogen-bond donors (Lipinski definition) is 0. The molecule has 0 spiro atoms. The third-order valence-corrected chi connectivity index (χ3v) is 7.88. The van der Waals surface area contributed by atoms with E-state index in [1.165, 1.54) is 0 Å². The smallest absolute Gasteiger partial charge is 0.347 e. The van der Waals surface area contributed by atoms with Crippen LogP contribution in [0, 0.1) is 0 Å². The second-order valence-corrected chi connectivity index (χ2v) is 10.5. The van der Waals surface area contributed by atoms with Gasteiger partial charge in [0, 0.05) is 16.5 Å². The molecule has 9 rings (SSSR count). The SMILES string of the molecule is O=C1CC(=O)c2cc3ccccc3cc21.O=C1OC(=O)c2c1ccc1ccccc21.O=C1OC(=O)c2cccc3cccc1c23. The highest BCUT2D eigenvalue weighted by atomic mass is 16.6. The Morgan fingerprint density at radius 2 is 0.889 bits per heavy atom. The number of carbonyl (C=O) groups excluding carboxylic acids is 6. The molecule has 0 N–H and O–H groups in total. The Labute approximate surface area is 254 Å². The highest BCUT2D eigenvalue weighted by Crippen LogP contribution is 2.30. The number of cyclic esters (lactones) is 4. The van der Waals surface area contributed by atoms with E-state index >= 15 is 0 Å². The molecule has 6 aromatic carbocycles. The monoisotopic (exact) mass is 592 g/mol. The molecule has 0 atom stereocenters. The third kappa shape index (κ3) is 4.74. The van der Waals surface area contributed by atoms with Gasteiger partial charge in [-0.2, -0.15) is 0 Å². The molecule has 8 heteroatoms. The van der Waals surface area contributed by atoms with Crippen molar-refractivity contribution in [2.75, 3.05) is 0 Å². The maximum absolute atomic E-state index is 11.5. The number of fused-ring (bicyclic) bond motifs is 5. The average Bonchev–Trinajstić information content (AvgIpc) is 3.51. The van der Waals surface area contributed by atoms with Crippen LogP contribution in [0.4, 0.5) is 0 Å². The van der Waals surface area contributed by atoms with E-state index in [0.717, 1.165) is 26.9 Å². The van der Waals surface area contributed by atoms with Gasteiger partial charge in [-0.05, 0) is 57.3 Å². The predicted octanol–water partition coefficient (Wildman–Crippen LogP) is 6.91. The van der Waals surface area contributed by atoms with E-state index < -0.39 is 23.9 Å². The lowest BCUT2D eigenvalue weighted by Crippen LogP contribution is -2.19. The number of carbonyl (C=O) groups is 6. The van der Waals surface area contributed by atoms with Crippen molar-refractivity contribution < 1.29 is 38.2 Å². The summed E-state index contributed by atoms with van der Waals surface area (Å²) in [5.74, 6) is -2.34. The second kappa shape index (κ2) is 10.8. The molecule has 0 unspecified atom stereocenters. The lowest BCUT2D eigenvalue weighted by atomic mass is 9.97. The summed E-state index contributed by atoms with van der Waals surface area (Å²) in [6, 6.07) is 32.9. The summed E-state index contributed by atoms with van der Waals surface area (Å²) in [5.41, 5.74) is 2.83. The number of esters is 4. The van der Waals surface area contributed by atoms with Gasteiger partial charge in [-0.25, -0.2) is 19.2 Å². The first kappa shape index (κ1) is 27.5. The molecule has 6 aromatic rings. The lowest BCUT2D eigenvalue weighted by molar-refractivity contribution is 0.0385. The van der Waals surface area contributed by atoms with Gasteiger partial charge in [-0.1, -0.05) is 78.9 Å². The van der Waals surface area contributed by atoms with Crippen LogP contribution >= 0.6 is 0 Å². The molecule has 0 bridgehead atoms. The van der Waals surface area contributed by atoms with E-state index in [-0.39, 0.29) is 18.0 Å². The van der Waals surface area contributed by atoms with Crippen molar-refractivity contribution in [3.8, 4) is 0 Å². The quantitative estimate of drug-likeness (QED) is 0.138. The van der Waals surface area contributed by atoms with Crippen molar-refractivity contribution in [3.05, 3.63) is 143 Å². The Bertz CT molecular complexity index is 2190. The summed E-state index contributed by atoms with van der Waals surface area (Å²) in [5, 5.41) is 5.31. The van der Waals surface area contributed by atoms with Gasteiger partial charge in [0.2, 0.25) is 0 Å². The Morgan fingerprint density at radius 1 is 0.400 bits per heavy atom. The number of hydrogen-bond acceptors (Lipinski definition) is 8. The maximum Gasteiger partial charge on any atom is 0.347 e. The largest absolute Gasteiger partial charge is 0.386 e. The highest BCUT2D eigenvalue weighted by molar-refractivity contribution is 6.26. The summed E-state index contributed by atoms with van der Waals surface area (Å²) in [6.07, 6.45) is 0.0334. The van der Waals surface area contributed by atoms with E-state index in [4.69, 9.17) is 0 Å². The van der Waals surface area contributed by atoms with Crippen LogP contribution in [-0.4, -0.2) is 35.4 Å². The number of benzene rings is 6. The van der Waals surface area contributed by atoms with Crippen LogP contribution in [0.5, 0.6) is 0 Å². The van der Waals surface area contributed by atoms with Crippen LogP contribution in [0.25, 0.3) is 32.3 Å². The lowest BCUT2D eigenvalue weighted by Gasteiger charge is -2.14. The van der Waals surface area contributed by atoms with Crippen molar-refractivity contribution in [1.29, 1.82) is 0 Å². The molecule has 45 heavy (non-hydrogen) atoms. The zero-order valence-corrected chi connectivity index (χ0v) is 23.4. The minimum atomic E-state index is -0.565. The third-order valence-electron chi connectivity index (χ3n) is 7.88. The molecule has 0 saturated carbocycles. The molecule has 0 saturated heterocycles. The standard InChI is InChI=1S/C13H8O2.2C12H6O3/c14-12-7-13(15)11-6-9-4-2-1-3-8(9)5-10(11)12;13-11-8-5-1-3-7-4-2-6-9(10(7)8)12(14)15-11;13-11-9-6-5-7-3-1-2-4-8(7)10(9)12(14)15-11/h1-6H,7H2;2*1-6H. The number of Topliss-reactive ketones (excluding diaryl/α,β-unsaturated/α-hetero) is 2. The van der Waals surface area contributed by atoms with E-state index in [1.54, 1.807) is 30.3 Å². The molecule has 0 radical (unpaired) electrons. The Morgan fingerprint density at radius 3 is 1.49 bits per heavy atom. The Hall–Kier alpha value is -6.28. The van der Waals surface area contributed by atoms with Crippen LogP contribution < -0.4 is 0 Å². The Balaban J connectivity index is 0.000000108. The van der Waals surface area contributed by atoms with Crippen molar-refractivity contribution in [1.82, 2.24) is 0 Å². The van der Waals surface area contributed by atoms with Gasteiger partial charge in [0.15, 0.2) is 11.6 Å². The molecular formula is C37H20O8. The summed E-state index contributed by atoms with van der Waals surface area (Å²) >= 11 is 0. The zero-order valence-electron chi connectivity index (χ0n) is 23.4. The number of rotatable bonds is 0. The molecular weight excluding hydrogens is 572 g/mol. The molecule has 2 heterocycles. The van der Waals surface area contributed by atoms with Crippen LogP contribution in [0.2, 0.25) is 0 Å². The van der Waals surface area contributed by atoms with Crippen LogP contribution in [0.1, 0.15) is 68.6 Å². The predicted molar refractivity (Wildman–Crippen MR) is 165 cm³/mol.